The Morgan fingerprint density at radius 2 is 2.25 bits per heavy atom. The Labute approximate surface area is 49.1 Å². The van der Waals surface area contributed by atoms with Gasteiger partial charge in [0.05, 0.1) is 0 Å². The Bertz CT molecular complexity index is 148. The molecule has 1 aliphatic rings. The van der Waals surface area contributed by atoms with E-state index < -0.39 is 0 Å². The van der Waals surface area contributed by atoms with Crippen molar-refractivity contribution in [2.45, 2.75) is 25.7 Å². The number of Topliss-reactive ketones (excluding diaryl/α,β-unsaturated/α-hetero) is 1. The first-order valence-electron chi connectivity index (χ1n) is 2.91. The summed E-state index contributed by atoms with van der Waals surface area (Å²) in [6.07, 6.45) is 3.69. The van der Waals surface area contributed by atoms with Crippen molar-refractivity contribution in [3.8, 4) is 11.8 Å². The first-order chi connectivity index (χ1) is 3.89. The van der Waals surface area contributed by atoms with Gasteiger partial charge in [0.2, 0.25) is 5.78 Å². The summed E-state index contributed by atoms with van der Waals surface area (Å²) in [4.78, 5) is 10.5. The van der Waals surface area contributed by atoms with Crippen LogP contribution in [0.15, 0.2) is 0 Å². The average molecular weight is 108 g/mol. The SMILES string of the molecule is O=C1C#CCCCC1. The van der Waals surface area contributed by atoms with Gasteiger partial charge in [-0.3, -0.25) is 4.79 Å². The number of hydrogen-bond acceptors (Lipinski definition) is 1. The van der Waals surface area contributed by atoms with E-state index in [0.29, 0.717) is 6.42 Å². The molecule has 1 nitrogen and oxygen atoms in total. The normalized spacial score (nSPS) is 18.8. The highest BCUT2D eigenvalue weighted by Crippen LogP contribution is 2.02. The van der Waals surface area contributed by atoms with Gasteiger partial charge in [0.15, 0.2) is 0 Å². The van der Waals surface area contributed by atoms with Gasteiger partial charge in [0.1, 0.15) is 0 Å². The molecule has 0 bridgehead atoms. The molecule has 0 atom stereocenters. The van der Waals surface area contributed by atoms with E-state index in [9.17, 15) is 4.79 Å². The van der Waals surface area contributed by atoms with Crippen molar-refractivity contribution in [3.05, 3.63) is 0 Å². The second-order valence-electron chi connectivity index (χ2n) is 1.93. The lowest BCUT2D eigenvalue weighted by atomic mass is 10.2. The molecule has 1 rings (SSSR count). The number of carbonyl (C=O) groups excluding carboxylic acids is 1. The summed E-state index contributed by atoms with van der Waals surface area (Å²) in [5, 5.41) is 0. The molecule has 42 valence electrons. The van der Waals surface area contributed by atoms with Gasteiger partial charge in [0.25, 0.3) is 0 Å². The average Bonchev–Trinajstić information content (AvgIpc) is 1.94. The minimum absolute atomic E-state index is 0.113. The van der Waals surface area contributed by atoms with Crippen LogP contribution in [0, 0.1) is 11.8 Å². The van der Waals surface area contributed by atoms with E-state index in [0.717, 1.165) is 19.3 Å². The van der Waals surface area contributed by atoms with Crippen LogP contribution in [0.4, 0.5) is 0 Å². The van der Waals surface area contributed by atoms with Crippen molar-refractivity contribution < 1.29 is 4.79 Å². The summed E-state index contributed by atoms with van der Waals surface area (Å²) in [6, 6.07) is 0. The van der Waals surface area contributed by atoms with E-state index in [1.54, 1.807) is 0 Å². The van der Waals surface area contributed by atoms with Gasteiger partial charge in [-0.25, -0.2) is 0 Å². The molecule has 0 fully saturated rings. The molecule has 0 aliphatic heterocycles. The van der Waals surface area contributed by atoms with Crippen molar-refractivity contribution in [2.24, 2.45) is 0 Å². The van der Waals surface area contributed by atoms with E-state index in [4.69, 9.17) is 0 Å². The van der Waals surface area contributed by atoms with E-state index in [2.05, 4.69) is 11.8 Å². The molecule has 0 saturated carbocycles. The number of ketones is 1. The molecule has 0 saturated heterocycles. The molecular formula is C7H8O. The summed E-state index contributed by atoms with van der Waals surface area (Å²) in [5.41, 5.74) is 0. The Morgan fingerprint density at radius 1 is 1.38 bits per heavy atom. The highest BCUT2D eigenvalue weighted by Gasteiger charge is 1.98. The first kappa shape index (κ1) is 5.37. The molecule has 0 aromatic carbocycles. The molecule has 0 heterocycles. The third-order valence-electron chi connectivity index (χ3n) is 1.18. The quantitative estimate of drug-likeness (QED) is 0.336. The summed E-state index contributed by atoms with van der Waals surface area (Å²) in [7, 11) is 0. The van der Waals surface area contributed by atoms with Crippen LogP contribution in [0.2, 0.25) is 0 Å². The first-order valence-corrected chi connectivity index (χ1v) is 2.91. The third kappa shape index (κ3) is 1.38. The zero-order valence-electron chi connectivity index (χ0n) is 4.74. The Morgan fingerprint density at radius 3 is 3.12 bits per heavy atom. The van der Waals surface area contributed by atoms with Crippen LogP contribution in [0.1, 0.15) is 25.7 Å². The van der Waals surface area contributed by atoms with Crippen molar-refractivity contribution in [2.75, 3.05) is 0 Å². The highest BCUT2D eigenvalue weighted by atomic mass is 16.1. The van der Waals surface area contributed by atoms with Crippen molar-refractivity contribution in [3.63, 3.8) is 0 Å². The highest BCUT2D eigenvalue weighted by molar-refractivity contribution is 5.95. The van der Waals surface area contributed by atoms with E-state index >= 15 is 0 Å². The van der Waals surface area contributed by atoms with Crippen molar-refractivity contribution >= 4 is 5.78 Å². The molecule has 0 aromatic heterocycles. The second kappa shape index (κ2) is 2.52. The lowest BCUT2D eigenvalue weighted by Gasteiger charge is -1.85. The Hall–Kier alpha value is -0.770. The largest absolute Gasteiger partial charge is 0.285 e. The smallest absolute Gasteiger partial charge is 0.205 e. The van der Waals surface area contributed by atoms with Gasteiger partial charge >= 0.3 is 0 Å². The van der Waals surface area contributed by atoms with E-state index in [1.807, 2.05) is 0 Å². The lowest BCUT2D eigenvalue weighted by molar-refractivity contribution is -0.113. The molecule has 8 heavy (non-hydrogen) atoms. The third-order valence-corrected chi connectivity index (χ3v) is 1.18. The molecule has 0 radical (unpaired) electrons. The maximum atomic E-state index is 10.5. The summed E-state index contributed by atoms with van der Waals surface area (Å²) in [5.74, 6) is 5.47. The van der Waals surface area contributed by atoms with Crippen LogP contribution in [0.3, 0.4) is 0 Å². The zero-order valence-corrected chi connectivity index (χ0v) is 4.74. The van der Waals surface area contributed by atoms with Gasteiger partial charge in [-0.2, -0.15) is 0 Å². The van der Waals surface area contributed by atoms with Gasteiger partial charge in [-0.15, -0.1) is 0 Å². The number of hydrogen-bond donors (Lipinski definition) is 0. The minimum atomic E-state index is 0.113. The summed E-state index contributed by atoms with van der Waals surface area (Å²) in [6.45, 7) is 0. The van der Waals surface area contributed by atoms with Gasteiger partial charge < -0.3 is 0 Å². The maximum absolute atomic E-state index is 10.5. The summed E-state index contributed by atoms with van der Waals surface area (Å²) < 4.78 is 0. The molecule has 0 spiro atoms. The van der Waals surface area contributed by atoms with Crippen LogP contribution >= 0.6 is 0 Å². The maximum Gasteiger partial charge on any atom is 0.205 e. The zero-order chi connectivity index (χ0) is 5.82. The molecule has 0 amide bonds. The molecule has 1 aliphatic carbocycles. The van der Waals surface area contributed by atoms with E-state index in [1.165, 1.54) is 0 Å². The van der Waals surface area contributed by atoms with Crippen LogP contribution in [-0.2, 0) is 4.79 Å². The Balaban J connectivity index is 2.51. The predicted molar refractivity (Wildman–Crippen MR) is 31.3 cm³/mol. The lowest BCUT2D eigenvalue weighted by Crippen LogP contribution is -1.88. The number of rotatable bonds is 0. The topological polar surface area (TPSA) is 17.1 Å². The standard InChI is InChI=1S/C7H8O/c8-7-5-3-1-2-4-6-7/h1-3,5H2. The van der Waals surface area contributed by atoms with Crippen LogP contribution in [0.5, 0.6) is 0 Å². The predicted octanol–water partition coefficient (Wildman–Crippen LogP) is 1.13. The fourth-order valence-electron chi connectivity index (χ4n) is 0.723. The molecule has 0 N–H and O–H groups in total. The minimum Gasteiger partial charge on any atom is -0.285 e. The second-order valence-corrected chi connectivity index (χ2v) is 1.93. The Kier molecular flexibility index (Phi) is 1.69. The van der Waals surface area contributed by atoms with Crippen LogP contribution in [0.25, 0.3) is 0 Å². The molecule has 0 aromatic rings. The van der Waals surface area contributed by atoms with Crippen molar-refractivity contribution in [1.29, 1.82) is 0 Å². The van der Waals surface area contributed by atoms with Gasteiger partial charge in [0, 0.05) is 12.8 Å². The van der Waals surface area contributed by atoms with Crippen LogP contribution < -0.4 is 0 Å². The molecular weight excluding hydrogens is 100 g/mol. The van der Waals surface area contributed by atoms with Gasteiger partial charge in [-0.1, -0.05) is 5.92 Å². The van der Waals surface area contributed by atoms with Crippen LogP contribution in [-0.4, -0.2) is 5.78 Å². The molecule has 1 heteroatoms. The van der Waals surface area contributed by atoms with Crippen molar-refractivity contribution in [1.82, 2.24) is 0 Å². The van der Waals surface area contributed by atoms with Gasteiger partial charge in [-0.05, 0) is 18.8 Å². The fraction of sp³-hybridized carbons (Fsp3) is 0.571. The monoisotopic (exact) mass is 108 g/mol. The fourth-order valence-corrected chi connectivity index (χ4v) is 0.723. The summed E-state index contributed by atoms with van der Waals surface area (Å²) >= 11 is 0. The van der Waals surface area contributed by atoms with E-state index in [-0.39, 0.29) is 5.78 Å². The molecule has 0 unspecified atom stereocenters. The number of carbonyl (C=O) groups is 1.